The topological polar surface area (TPSA) is 80.3 Å². The van der Waals surface area contributed by atoms with Crippen molar-refractivity contribution in [1.82, 2.24) is 4.98 Å². The summed E-state index contributed by atoms with van der Waals surface area (Å²) in [5.41, 5.74) is 3.94. The van der Waals surface area contributed by atoms with Gasteiger partial charge in [-0.25, -0.2) is 13.6 Å². The maximum Gasteiger partial charge on any atom is 0.412 e. The minimum Gasteiger partial charge on any atom is -0.444 e. The summed E-state index contributed by atoms with van der Waals surface area (Å²) in [5.74, 6) is -1.77. The molecule has 3 aromatic carbocycles. The first-order chi connectivity index (χ1) is 20.5. The molecule has 0 fully saturated rings. The normalized spacial score (nSPS) is 15.4. The molecule has 1 aliphatic heterocycles. The molecule has 6 nitrogen and oxygen atoms in total. The quantitative estimate of drug-likeness (QED) is 0.229. The molecule has 2 bridgehead atoms. The van der Waals surface area contributed by atoms with E-state index in [-0.39, 0.29) is 22.4 Å². The largest absolute Gasteiger partial charge is 0.444 e. The van der Waals surface area contributed by atoms with E-state index in [9.17, 15) is 18.4 Å². The van der Waals surface area contributed by atoms with Crippen molar-refractivity contribution in [2.45, 2.75) is 58.0 Å². The summed E-state index contributed by atoms with van der Waals surface area (Å²) in [5, 5.41) is 5.59. The summed E-state index contributed by atoms with van der Waals surface area (Å²) < 4.78 is 34.5. The zero-order valence-electron chi connectivity index (χ0n) is 24.1. The van der Waals surface area contributed by atoms with Crippen molar-refractivity contribution in [2.75, 3.05) is 10.6 Å². The van der Waals surface area contributed by atoms with Gasteiger partial charge in [0.05, 0.1) is 16.3 Å². The fraction of sp³-hybridized carbons (Fsp3) is 0.265. The van der Waals surface area contributed by atoms with Crippen molar-refractivity contribution in [1.29, 1.82) is 0 Å². The van der Waals surface area contributed by atoms with Gasteiger partial charge in [-0.1, -0.05) is 54.4 Å². The Balaban J connectivity index is 1.49. The fourth-order valence-electron chi connectivity index (χ4n) is 5.20. The Labute approximate surface area is 254 Å². The van der Waals surface area contributed by atoms with Gasteiger partial charge in [-0.3, -0.25) is 15.1 Å². The van der Waals surface area contributed by atoms with Crippen LogP contribution in [-0.2, 0) is 9.53 Å². The van der Waals surface area contributed by atoms with Crippen LogP contribution in [0.2, 0.25) is 5.02 Å². The predicted octanol–water partition coefficient (Wildman–Crippen LogP) is 9.34. The van der Waals surface area contributed by atoms with E-state index in [1.54, 1.807) is 45.0 Å². The molecule has 4 aromatic rings. The third-order valence-electron chi connectivity index (χ3n) is 7.16. The van der Waals surface area contributed by atoms with E-state index in [0.29, 0.717) is 29.8 Å². The molecule has 5 rings (SSSR count). The number of benzene rings is 3. The Bertz CT molecular complexity index is 1670. The van der Waals surface area contributed by atoms with Crippen LogP contribution < -0.4 is 10.6 Å². The number of hydrogen-bond donors (Lipinski definition) is 2. The van der Waals surface area contributed by atoms with Crippen molar-refractivity contribution in [3.05, 3.63) is 101 Å². The van der Waals surface area contributed by atoms with E-state index in [0.717, 1.165) is 41.3 Å². The molecule has 2 N–H and O–H groups in total. The molecule has 2 amide bonds. The maximum atomic E-state index is 14.6. The van der Waals surface area contributed by atoms with E-state index in [1.807, 2.05) is 24.3 Å². The van der Waals surface area contributed by atoms with Gasteiger partial charge in [-0.15, -0.1) is 0 Å². The lowest BCUT2D eigenvalue weighted by atomic mass is 9.87. The van der Waals surface area contributed by atoms with Crippen molar-refractivity contribution in [3.63, 3.8) is 0 Å². The van der Waals surface area contributed by atoms with Gasteiger partial charge < -0.3 is 10.1 Å². The number of fused-ring (bicyclic) bond motifs is 4. The number of carbonyl (C=O) groups excluding carboxylic acids is 2. The number of carbonyl (C=O) groups is 2. The number of halogens is 3. The fourth-order valence-corrected chi connectivity index (χ4v) is 5.36. The van der Waals surface area contributed by atoms with Crippen molar-refractivity contribution >= 4 is 35.0 Å². The minimum atomic E-state index is -0.823. The number of nitrogens with one attached hydrogen (secondary N) is 2. The lowest BCUT2D eigenvalue weighted by Crippen LogP contribution is -2.27. The third kappa shape index (κ3) is 7.20. The summed E-state index contributed by atoms with van der Waals surface area (Å²) in [6.45, 7) is 5.36. The maximum absolute atomic E-state index is 14.6. The van der Waals surface area contributed by atoms with Gasteiger partial charge in [0.25, 0.3) is 0 Å². The van der Waals surface area contributed by atoms with Gasteiger partial charge in [0, 0.05) is 41.0 Å². The SMILES string of the molecule is CC(C)(C)OC(=O)Nc1ccc2c(c1)NC(=O)CCCCC(c1ccc(-c3c(F)ccc(Cl)c3F)cn1)c1cccc-2c1. The van der Waals surface area contributed by atoms with Gasteiger partial charge in [0.15, 0.2) is 5.82 Å². The Morgan fingerprint density at radius 1 is 1.02 bits per heavy atom. The molecule has 2 heterocycles. The highest BCUT2D eigenvalue weighted by molar-refractivity contribution is 6.31. The highest BCUT2D eigenvalue weighted by Gasteiger charge is 2.22. The zero-order valence-corrected chi connectivity index (χ0v) is 24.9. The molecule has 0 saturated carbocycles. The van der Waals surface area contributed by atoms with Gasteiger partial charge in [0.2, 0.25) is 5.91 Å². The summed E-state index contributed by atoms with van der Waals surface area (Å²) in [6.07, 6.45) is 3.35. The van der Waals surface area contributed by atoms with E-state index < -0.39 is 23.3 Å². The Hall–Kier alpha value is -4.30. The second-order valence-electron chi connectivity index (χ2n) is 11.5. The molecule has 1 atom stereocenters. The number of hydrogen-bond acceptors (Lipinski definition) is 4. The molecule has 0 spiro atoms. The van der Waals surface area contributed by atoms with Crippen LogP contribution in [0.1, 0.15) is 63.6 Å². The highest BCUT2D eigenvalue weighted by Crippen LogP contribution is 2.37. The molecular weight excluding hydrogens is 572 g/mol. The Kier molecular flexibility index (Phi) is 8.78. The average molecular weight is 604 g/mol. The van der Waals surface area contributed by atoms with Crippen LogP contribution in [0.5, 0.6) is 0 Å². The highest BCUT2D eigenvalue weighted by atomic mass is 35.5. The summed E-state index contributed by atoms with van der Waals surface area (Å²) in [4.78, 5) is 29.9. The standard InChI is InChI=1S/C34H32ClF2N3O3/c1-34(2,3)43-33(42)39-23-12-13-25-21-8-6-7-20(17-21)24(9-4-5-10-30(41)40-29(25)18-23)28-16-11-22(19-38-28)31-27(36)15-14-26(35)32(31)37/h6-8,11-19,24H,4-5,9-10H2,1-3H3,(H,39,42)(H,40,41). The summed E-state index contributed by atoms with van der Waals surface area (Å²) in [7, 11) is 0. The van der Waals surface area contributed by atoms with Crippen LogP contribution in [0, 0.1) is 11.6 Å². The summed E-state index contributed by atoms with van der Waals surface area (Å²) >= 11 is 5.90. The second kappa shape index (κ2) is 12.5. The van der Waals surface area contributed by atoms with Crippen LogP contribution in [0.3, 0.4) is 0 Å². The molecule has 1 aromatic heterocycles. The van der Waals surface area contributed by atoms with Gasteiger partial charge in [-0.05, 0) is 75.1 Å². The molecular formula is C34H32ClF2N3O3. The summed E-state index contributed by atoms with van der Waals surface area (Å²) in [6, 6.07) is 19.1. The zero-order chi connectivity index (χ0) is 30.7. The third-order valence-corrected chi connectivity index (χ3v) is 7.45. The van der Waals surface area contributed by atoms with Gasteiger partial charge >= 0.3 is 6.09 Å². The first-order valence-electron chi connectivity index (χ1n) is 14.1. The van der Waals surface area contributed by atoms with E-state index in [2.05, 4.69) is 21.7 Å². The van der Waals surface area contributed by atoms with Gasteiger partial charge in [-0.2, -0.15) is 0 Å². The van der Waals surface area contributed by atoms with E-state index in [1.165, 1.54) is 12.3 Å². The molecule has 0 saturated heterocycles. The number of amides is 2. The predicted molar refractivity (Wildman–Crippen MR) is 165 cm³/mol. The van der Waals surface area contributed by atoms with Crippen LogP contribution in [0.15, 0.2) is 72.9 Å². The first-order valence-corrected chi connectivity index (χ1v) is 14.5. The van der Waals surface area contributed by atoms with Crippen molar-refractivity contribution in [3.8, 4) is 22.3 Å². The monoisotopic (exact) mass is 603 g/mol. The number of anilines is 2. The minimum absolute atomic E-state index is 0.109. The molecule has 43 heavy (non-hydrogen) atoms. The molecule has 222 valence electrons. The number of aromatic nitrogens is 1. The van der Waals surface area contributed by atoms with Crippen LogP contribution >= 0.6 is 11.6 Å². The number of ether oxygens (including phenoxy) is 1. The van der Waals surface area contributed by atoms with E-state index >= 15 is 0 Å². The Morgan fingerprint density at radius 3 is 2.58 bits per heavy atom. The first kappa shape index (κ1) is 30.2. The van der Waals surface area contributed by atoms with Crippen LogP contribution in [-0.4, -0.2) is 22.6 Å². The average Bonchev–Trinajstić information content (AvgIpc) is 2.94. The molecule has 1 unspecified atom stereocenters. The van der Waals surface area contributed by atoms with Crippen LogP contribution in [0.4, 0.5) is 25.0 Å². The molecule has 0 radical (unpaired) electrons. The second-order valence-corrected chi connectivity index (χ2v) is 12.0. The Morgan fingerprint density at radius 2 is 1.84 bits per heavy atom. The van der Waals surface area contributed by atoms with E-state index in [4.69, 9.17) is 16.3 Å². The number of rotatable bonds is 3. The molecule has 0 aliphatic carbocycles. The number of pyridine rings is 1. The molecule has 1 aliphatic rings. The van der Waals surface area contributed by atoms with Gasteiger partial charge in [0.1, 0.15) is 11.4 Å². The van der Waals surface area contributed by atoms with Crippen molar-refractivity contribution in [2.24, 2.45) is 0 Å². The van der Waals surface area contributed by atoms with Crippen molar-refractivity contribution < 1.29 is 23.1 Å². The number of nitrogens with zero attached hydrogens (tertiary/aromatic N) is 1. The lowest BCUT2D eigenvalue weighted by molar-refractivity contribution is -0.116. The molecule has 9 heteroatoms. The smallest absolute Gasteiger partial charge is 0.412 e. The lowest BCUT2D eigenvalue weighted by Gasteiger charge is -2.21. The van der Waals surface area contributed by atoms with Crippen LogP contribution in [0.25, 0.3) is 22.3 Å².